The highest BCUT2D eigenvalue weighted by molar-refractivity contribution is 6.31. The van der Waals surface area contributed by atoms with E-state index in [4.69, 9.17) is 30.8 Å². The van der Waals surface area contributed by atoms with E-state index in [-0.39, 0.29) is 25.6 Å². The van der Waals surface area contributed by atoms with Crippen LogP contribution < -0.4 is 28.3 Å². The minimum Gasteiger partial charge on any atom is -0.372 e. The number of carbonyl (C=O) groups excluding carboxylic acids is 5. The van der Waals surface area contributed by atoms with Gasteiger partial charge in [-0.3, -0.25) is 24.0 Å². The van der Waals surface area contributed by atoms with Crippen LogP contribution in [0.5, 0.6) is 0 Å². The van der Waals surface area contributed by atoms with Gasteiger partial charge in [-0.2, -0.15) is 0 Å². The van der Waals surface area contributed by atoms with Crippen LogP contribution in [0.4, 0.5) is 5.69 Å². The molecule has 0 atom stereocenters. The van der Waals surface area contributed by atoms with Crippen LogP contribution in [-0.2, 0) is 24.0 Å². The fourth-order valence-corrected chi connectivity index (χ4v) is 0.931. The fraction of sp³-hybridized carbons (Fsp3) is 0.0833. The molecule has 0 unspecified atom stereocenters. The summed E-state index contributed by atoms with van der Waals surface area (Å²) in [6.07, 6.45) is 1.63. The molecule has 0 saturated carbocycles. The standard InChI is InChI=1S/C8H8ClNO.4CH3NO/c1-6-2-3-7(10-5-11)4-8(6)9;4*2-1-3/h2-5H,1H3,(H,10,11);4*1H,(H2,2,3). The summed E-state index contributed by atoms with van der Waals surface area (Å²) in [5.41, 5.74) is 18.4. The second-order valence-electron chi connectivity index (χ2n) is 2.77. The number of nitrogens with two attached hydrogens (primary N) is 4. The maximum absolute atomic E-state index is 10.0. The molecule has 1 aromatic carbocycles. The van der Waals surface area contributed by atoms with Crippen molar-refractivity contribution in [3.05, 3.63) is 28.8 Å². The van der Waals surface area contributed by atoms with E-state index in [1.54, 1.807) is 12.1 Å². The Balaban J connectivity index is -0.000000125. The van der Waals surface area contributed by atoms with E-state index in [2.05, 4.69) is 28.3 Å². The third-order valence-corrected chi connectivity index (χ3v) is 1.80. The summed E-state index contributed by atoms with van der Waals surface area (Å²) in [4.78, 5) is 44.3. The van der Waals surface area contributed by atoms with Crippen molar-refractivity contribution in [2.24, 2.45) is 22.9 Å². The Morgan fingerprint density at radius 2 is 1.22 bits per heavy atom. The highest BCUT2D eigenvalue weighted by Crippen LogP contribution is 2.19. The van der Waals surface area contributed by atoms with E-state index in [1.165, 1.54) is 0 Å². The van der Waals surface area contributed by atoms with Gasteiger partial charge >= 0.3 is 0 Å². The molecule has 0 aliphatic heterocycles. The fourth-order valence-electron chi connectivity index (χ4n) is 0.751. The Morgan fingerprint density at radius 3 is 1.48 bits per heavy atom. The maximum atomic E-state index is 10.0. The molecule has 1 aromatic rings. The van der Waals surface area contributed by atoms with Gasteiger partial charge < -0.3 is 28.3 Å². The van der Waals surface area contributed by atoms with Crippen molar-refractivity contribution >= 4 is 49.3 Å². The largest absolute Gasteiger partial charge is 0.372 e. The molecule has 9 N–H and O–H groups in total. The Labute approximate surface area is 138 Å². The van der Waals surface area contributed by atoms with Crippen LogP contribution in [0.2, 0.25) is 5.02 Å². The van der Waals surface area contributed by atoms with Crippen molar-refractivity contribution in [1.82, 2.24) is 0 Å². The summed E-state index contributed by atoms with van der Waals surface area (Å²) < 4.78 is 0. The van der Waals surface area contributed by atoms with Gasteiger partial charge in [0.2, 0.25) is 32.1 Å². The van der Waals surface area contributed by atoms with Crippen LogP contribution in [-0.4, -0.2) is 32.1 Å². The first-order chi connectivity index (χ1) is 10.9. The van der Waals surface area contributed by atoms with E-state index in [1.807, 2.05) is 13.0 Å². The molecular weight excluding hydrogens is 330 g/mol. The molecule has 0 fully saturated rings. The highest BCUT2D eigenvalue weighted by Gasteiger charge is 1.95. The normalized spacial score (nSPS) is 6.52. The van der Waals surface area contributed by atoms with E-state index in [0.717, 1.165) is 11.3 Å². The molecule has 10 nitrogen and oxygen atoms in total. The van der Waals surface area contributed by atoms with E-state index >= 15 is 0 Å². The predicted molar refractivity (Wildman–Crippen MR) is 86.9 cm³/mol. The van der Waals surface area contributed by atoms with Crippen molar-refractivity contribution in [2.45, 2.75) is 6.92 Å². The minimum atomic E-state index is 0.250. The number of anilines is 1. The number of primary amides is 4. The summed E-state index contributed by atoms with van der Waals surface area (Å²) >= 11 is 5.79. The second kappa shape index (κ2) is 27.2. The van der Waals surface area contributed by atoms with Crippen molar-refractivity contribution in [3.8, 4) is 0 Å². The molecule has 0 aromatic heterocycles. The molecule has 0 spiro atoms. The molecule has 0 saturated heterocycles. The lowest BCUT2D eigenvalue weighted by molar-refractivity contribution is -0.107. The van der Waals surface area contributed by atoms with E-state index < -0.39 is 0 Å². The maximum Gasteiger partial charge on any atom is 0.211 e. The summed E-state index contributed by atoms with van der Waals surface area (Å²) in [5.74, 6) is 0. The number of aryl methyl sites for hydroxylation is 1. The highest BCUT2D eigenvalue weighted by atomic mass is 35.5. The predicted octanol–water partition coefficient (Wildman–Crippen LogP) is -1.38. The van der Waals surface area contributed by atoms with Crippen LogP contribution in [0.3, 0.4) is 0 Å². The second-order valence-corrected chi connectivity index (χ2v) is 3.18. The Hall–Kier alpha value is -3.14. The van der Waals surface area contributed by atoms with Crippen molar-refractivity contribution in [2.75, 3.05) is 5.32 Å². The topological polar surface area (TPSA) is 201 Å². The van der Waals surface area contributed by atoms with Crippen LogP contribution in [0.25, 0.3) is 0 Å². The molecule has 23 heavy (non-hydrogen) atoms. The van der Waals surface area contributed by atoms with Crippen LogP contribution in [0, 0.1) is 6.92 Å². The van der Waals surface area contributed by atoms with Gasteiger partial charge in [0.1, 0.15) is 0 Å². The van der Waals surface area contributed by atoms with Crippen LogP contribution >= 0.6 is 11.6 Å². The van der Waals surface area contributed by atoms with Crippen molar-refractivity contribution in [1.29, 1.82) is 0 Å². The summed E-state index contributed by atoms with van der Waals surface area (Å²) in [7, 11) is 0. The first-order valence-corrected chi connectivity index (χ1v) is 5.86. The van der Waals surface area contributed by atoms with E-state index in [0.29, 0.717) is 11.4 Å². The minimum absolute atomic E-state index is 0.250. The molecule has 1 rings (SSSR count). The SMILES string of the molecule is Cc1ccc(NC=O)cc1Cl.NC=O.NC=O.NC=O.NC=O. The van der Waals surface area contributed by atoms with Gasteiger partial charge in [0.25, 0.3) is 0 Å². The third kappa shape index (κ3) is 32.4. The van der Waals surface area contributed by atoms with Gasteiger partial charge in [-0.15, -0.1) is 0 Å². The Morgan fingerprint density at radius 1 is 0.870 bits per heavy atom. The molecular formula is C12H20ClN5O5. The van der Waals surface area contributed by atoms with Crippen molar-refractivity contribution in [3.63, 3.8) is 0 Å². The molecule has 130 valence electrons. The average Bonchev–Trinajstić information content (AvgIpc) is 2.47. The number of rotatable bonds is 2. The molecule has 5 amide bonds. The van der Waals surface area contributed by atoms with Crippen LogP contribution in [0.1, 0.15) is 5.56 Å². The van der Waals surface area contributed by atoms with Gasteiger partial charge in [-0.1, -0.05) is 17.7 Å². The van der Waals surface area contributed by atoms with E-state index in [9.17, 15) is 4.79 Å². The molecule has 0 radical (unpaired) electrons. The molecule has 0 bridgehead atoms. The zero-order chi connectivity index (χ0) is 19.1. The Kier molecular flexibility index (Phi) is 33.3. The van der Waals surface area contributed by atoms with Crippen molar-refractivity contribution < 1.29 is 24.0 Å². The molecule has 0 heterocycles. The first-order valence-electron chi connectivity index (χ1n) is 5.48. The quantitative estimate of drug-likeness (QED) is 0.408. The number of amides is 5. The lowest BCUT2D eigenvalue weighted by Gasteiger charge is -2.00. The number of hydrogen-bond donors (Lipinski definition) is 5. The van der Waals surface area contributed by atoms with Gasteiger partial charge in [0.15, 0.2) is 0 Å². The van der Waals surface area contributed by atoms with Gasteiger partial charge in [0, 0.05) is 10.7 Å². The number of carbonyl (C=O) groups is 5. The average molecular weight is 350 g/mol. The smallest absolute Gasteiger partial charge is 0.211 e. The lowest BCUT2D eigenvalue weighted by atomic mass is 10.2. The lowest BCUT2D eigenvalue weighted by Crippen LogP contribution is -1.93. The summed E-state index contributed by atoms with van der Waals surface area (Å²) in [6, 6.07) is 5.37. The number of hydrogen-bond acceptors (Lipinski definition) is 5. The molecule has 11 heteroatoms. The summed E-state index contributed by atoms with van der Waals surface area (Å²) in [5, 5.41) is 3.17. The molecule has 0 aliphatic carbocycles. The first kappa shape index (κ1) is 28.1. The molecule has 0 aliphatic rings. The number of halogens is 1. The number of nitrogens with one attached hydrogen (secondary N) is 1. The number of benzene rings is 1. The summed E-state index contributed by atoms with van der Waals surface area (Å²) in [6.45, 7) is 1.91. The zero-order valence-electron chi connectivity index (χ0n) is 12.3. The van der Waals surface area contributed by atoms with Crippen LogP contribution in [0.15, 0.2) is 18.2 Å². The zero-order valence-corrected chi connectivity index (χ0v) is 13.1. The van der Waals surface area contributed by atoms with Gasteiger partial charge in [-0.05, 0) is 24.6 Å². The van der Waals surface area contributed by atoms with Gasteiger partial charge in [-0.25, -0.2) is 0 Å². The Bertz CT molecular complexity index is 422. The third-order valence-electron chi connectivity index (χ3n) is 1.40. The van der Waals surface area contributed by atoms with Gasteiger partial charge in [0.05, 0.1) is 0 Å². The monoisotopic (exact) mass is 349 g/mol.